The average molecular weight is 366 g/mol. The van der Waals surface area contributed by atoms with E-state index in [9.17, 15) is 4.39 Å². The van der Waals surface area contributed by atoms with Crippen LogP contribution >= 0.6 is 27.5 Å². The van der Waals surface area contributed by atoms with Crippen LogP contribution in [0.1, 0.15) is 5.56 Å². The molecule has 0 bridgehead atoms. The van der Waals surface area contributed by atoms with Crippen molar-refractivity contribution in [2.75, 3.05) is 0 Å². The van der Waals surface area contributed by atoms with E-state index in [1.165, 1.54) is 12.1 Å². The van der Waals surface area contributed by atoms with Crippen LogP contribution in [0.3, 0.4) is 0 Å². The SMILES string of the molecule is Fc1cc(Br)cc(Cn2ccnc2-c2ccc(Cl)cc2)c1. The predicted octanol–water partition coefficient (Wildman–Crippen LogP) is 5.15. The molecule has 1 aromatic heterocycles. The van der Waals surface area contributed by atoms with Crippen LogP contribution in [0.25, 0.3) is 11.4 Å². The Kier molecular flexibility index (Phi) is 4.08. The zero-order chi connectivity index (χ0) is 14.8. The second kappa shape index (κ2) is 6.00. The van der Waals surface area contributed by atoms with E-state index in [0.29, 0.717) is 11.6 Å². The predicted molar refractivity (Wildman–Crippen MR) is 85.9 cm³/mol. The van der Waals surface area contributed by atoms with E-state index in [1.807, 2.05) is 41.1 Å². The Morgan fingerprint density at radius 1 is 1.14 bits per heavy atom. The summed E-state index contributed by atoms with van der Waals surface area (Å²) in [6.07, 6.45) is 3.61. The summed E-state index contributed by atoms with van der Waals surface area (Å²) in [5, 5.41) is 0.686. The zero-order valence-corrected chi connectivity index (χ0v) is 13.3. The highest BCUT2D eigenvalue weighted by Gasteiger charge is 2.07. The van der Waals surface area contributed by atoms with Crippen molar-refractivity contribution in [1.82, 2.24) is 9.55 Å². The number of halogens is 3. The highest BCUT2D eigenvalue weighted by molar-refractivity contribution is 9.10. The van der Waals surface area contributed by atoms with Crippen LogP contribution in [-0.4, -0.2) is 9.55 Å². The lowest BCUT2D eigenvalue weighted by Crippen LogP contribution is -2.01. The standard InChI is InChI=1S/C16H11BrClFN2/c17-13-7-11(8-15(19)9-13)10-21-6-5-20-16(21)12-1-3-14(18)4-2-12/h1-9H,10H2. The third-order valence-corrected chi connectivity index (χ3v) is 3.80. The van der Waals surface area contributed by atoms with Gasteiger partial charge in [-0.1, -0.05) is 27.5 Å². The third kappa shape index (κ3) is 3.34. The van der Waals surface area contributed by atoms with Gasteiger partial charge >= 0.3 is 0 Å². The van der Waals surface area contributed by atoms with Gasteiger partial charge in [-0.25, -0.2) is 9.37 Å². The normalized spacial score (nSPS) is 10.8. The van der Waals surface area contributed by atoms with Gasteiger partial charge in [0.1, 0.15) is 11.6 Å². The summed E-state index contributed by atoms with van der Waals surface area (Å²) in [6, 6.07) is 12.4. The first-order chi connectivity index (χ1) is 10.1. The molecule has 0 spiro atoms. The van der Waals surface area contributed by atoms with Gasteiger partial charge in [-0.05, 0) is 48.0 Å². The van der Waals surface area contributed by atoms with Crippen LogP contribution in [0.4, 0.5) is 4.39 Å². The topological polar surface area (TPSA) is 17.8 Å². The Balaban J connectivity index is 1.94. The lowest BCUT2D eigenvalue weighted by molar-refractivity contribution is 0.622. The minimum atomic E-state index is -0.257. The summed E-state index contributed by atoms with van der Waals surface area (Å²) in [4.78, 5) is 4.37. The zero-order valence-electron chi connectivity index (χ0n) is 10.9. The smallest absolute Gasteiger partial charge is 0.140 e. The fourth-order valence-corrected chi connectivity index (χ4v) is 2.83. The lowest BCUT2D eigenvalue weighted by atomic mass is 10.2. The maximum Gasteiger partial charge on any atom is 0.140 e. The Hall–Kier alpha value is -1.65. The molecule has 0 aliphatic rings. The molecule has 0 saturated heterocycles. The minimum absolute atomic E-state index is 0.257. The van der Waals surface area contributed by atoms with Gasteiger partial charge in [0.25, 0.3) is 0 Å². The van der Waals surface area contributed by atoms with Gasteiger partial charge in [0.15, 0.2) is 0 Å². The first-order valence-corrected chi connectivity index (χ1v) is 7.51. The summed E-state index contributed by atoms with van der Waals surface area (Å²) < 4.78 is 16.2. The van der Waals surface area contributed by atoms with Crippen molar-refractivity contribution in [2.24, 2.45) is 0 Å². The van der Waals surface area contributed by atoms with Gasteiger partial charge < -0.3 is 4.57 Å². The molecular weight excluding hydrogens is 355 g/mol. The molecular formula is C16H11BrClFN2. The van der Waals surface area contributed by atoms with E-state index < -0.39 is 0 Å². The fourth-order valence-electron chi connectivity index (χ4n) is 2.20. The van der Waals surface area contributed by atoms with Crippen LogP contribution < -0.4 is 0 Å². The molecule has 21 heavy (non-hydrogen) atoms. The van der Waals surface area contributed by atoms with E-state index in [-0.39, 0.29) is 5.82 Å². The van der Waals surface area contributed by atoms with Crippen LogP contribution in [-0.2, 0) is 6.54 Å². The first kappa shape index (κ1) is 14.3. The Labute approximate surface area is 135 Å². The first-order valence-electron chi connectivity index (χ1n) is 6.34. The quantitative estimate of drug-likeness (QED) is 0.627. The molecule has 5 heteroatoms. The molecule has 3 rings (SSSR count). The fraction of sp³-hybridized carbons (Fsp3) is 0.0625. The molecule has 0 atom stereocenters. The summed E-state index contributed by atoms with van der Waals surface area (Å²) in [6.45, 7) is 0.550. The van der Waals surface area contributed by atoms with E-state index in [2.05, 4.69) is 20.9 Å². The lowest BCUT2D eigenvalue weighted by Gasteiger charge is -2.09. The van der Waals surface area contributed by atoms with E-state index in [4.69, 9.17) is 11.6 Å². The minimum Gasteiger partial charge on any atom is -0.327 e. The summed E-state index contributed by atoms with van der Waals surface area (Å²) in [5.41, 5.74) is 1.84. The molecule has 0 fully saturated rings. The van der Waals surface area contributed by atoms with E-state index in [1.54, 1.807) is 6.20 Å². The molecule has 0 aliphatic carbocycles. The number of nitrogens with zero attached hydrogens (tertiary/aromatic N) is 2. The van der Waals surface area contributed by atoms with Crippen LogP contribution in [0.5, 0.6) is 0 Å². The van der Waals surface area contributed by atoms with Crippen molar-refractivity contribution in [3.63, 3.8) is 0 Å². The molecule has 0 N–H and O–H groups in total. The molecule has 2 aromatic carbocycles. The van der Waals surface area contributed by atoms with Gasteiger partial charge in [-0.3, -0.25) is 0 Å². The number of imidazole rings is 1. The van der Waals surface area contributed by atoms with Gasteiger partial charge in [-0.2, -0.15) is 0 Å². The maximum absolute atomic E-state index is 13.5. The van der Waals surface area contributed by atoms with E-state index >= 15 is 0 Å². The van der Waals surface area contributed by atoms with Crippen molar-refractivity contribution in [2.45, 2.75) is 6.54 Å². The number of hydrogen-bond acceptors (Lipinski definition) is 1. The van der Waals surface area contributed by atoms with Crippen LogP contribution in [0.15, 0.2) is 59.3 Å². The van der Waals surface area contributed by atoms with Crippen LogP contribution in [0, 0.1) is 5.82 Å². The maximum atomic E-state index is 13.5. The Morgan fingerprint density at radius 2 is 1.90 bits per heavy atom. The monoisotopic (exact) mass is 364 g/mol. The number of rotatable bonds is 3. The van der Waals surface area contributed by atoms with Crippen molar-refractivity contribution in [3.8, 4) is 11.4 Å². The van der Waals surface area contributed by atoms with Gasteiger partial charge in [-0.15, -0.1) is 0 Å². The van der Waals surface area contributed by atoms with Crippen LogP contribution in [0.2, 0.25) is 5.02 Å². The van der Waals surface area contributed by atoms with Crippen molar-refractivity contribution in [3.05, 3.63) is 75.7 Å². The molecule has 2 nitrogen and oxygen atoms in total. The van der Waals surface area contributed by atoms with Gasteiger partial charge in [0, 0.05) is 34.0 Å². The van der Waals surface area contributed by atoms with Crippen molar-refractivity contribution < 1.29 is 4.39 Å². The molecule has 1 heterocycles. The van der Waals surface area contributed by atoms with E-state index in [0.717, 1.165) is 21.4 Å². The largest absolute Gasteiger partial charge is 0.327 e. The molecule has 0 amide bonds. The average Bonchev–Trinajstić information content (AvgIpc) is 2.86. The summed E-state index contributed by atoms with van der Waals surface area (Å²) in [5.74, 6) is 0.569. The second-order valence-electron chi connectivity index (χ2n) is 4.66. The summed E-state index contributed by atoms with van der Waals surface area (Å²) >= 11 is 9.21. The van der Waals surface area contributed by atoms with Gasteiger partial charge in [0.2, 0.25) is 0 Å². The molecule has 3 aromatic rings. The molecule has 0 unspecified atom stereocenters. The number of aromatic nitrogens is 2. The third-order valence-electron chi connectivity index (χ3n) is 3.09. The highest BCUT2D eigenvalue weighted by Crippen LogP contribution is 2.22. The highest BCUT2D eigenvalue weighted by atomic mass is 79.9. The van der Waals surface area contributed by atoms with Crippen molar-refractivity contribution >= 4 is 27.5 Å². The molecule has 0 saturated carbocycles. The summed E-state index contributed by atoms with van der Waals surface area (Å²) in [7, 11) is 0. The number of benzene rings is 2. The van der Waals surface area contributed by atoms with Crippen molar-refractivity contribution in [1.29, 1.82) is 0 Å². The molecule has 0 radical (unpaired) electrons. The number of hydrogen-bond donors (Lipinski definition) is 0. The molecule has 0 aliphatic heterocycles. The molecule has 106 valence electrons. The van der Waals surface area contributed by atoms with Gasteiger partial charge in [0.05, 0.1) is 0 Å². The Morgan fingerprint density at radius 3 is 2.62 bits per heavy atom. The second-order valence-corrected chi connectivity index (χ2v) is 6.02. The Bertz CT molecular complexity index is 748.